The number of benzene rings is 1. The van der Waals surface area contributed by atoms with Crippen molar-refractivity contribution in [2.75, 3.05) is 10.6 Å². The average molecular weight is 412 g/mol. The molecular weight excluding hydrogens is 390 g/mol. The van der Waals surface area contributed by atoms with Gasteiger partial charge in [0.15, 0.2) is 0 Å². The first-order chi connectivity index (χ1) is 12.5. The molecule has 1 aromatic carbocycles. The van der Waals surface area contributed by atoms with Crippen LogP contribution in [0.3, 0.4) is 0 Å². The fourth-order valence-electron chi connectivity index (χ4n) is 2.41. The van der Waals surface area contributed by atoms with Crippen molar-refractivity contribution in [3.8, 4) is 11.4 Å². The molecule has 2 heterocycles. The second-order valence-corrected chi connectivity index (χ2v) is 7.07. The van der Waals surface area contributed by atoms with Gasteiger partial charge in [0.2, 0.25) is 5.95 Å². The molecule has 0 aliphatic heterocycles. The van der Waals surface area contributed by atoms with Gasteiger partial charge in [-0.3, -0.25) is 4.98 Å². The van der Waals surface area contributed by atoms with Crippen LogP contribution in [-0.4, -0.2) is 21.0 Å². The smallest absolute Gasteiger partial charge is 0.225 e. The first-order valence-electron chi connectivity index (χ1n) is 8.65. The van der Waals surface area contributed by atoms with E-state index in [1.165, 1.54) is 0 Å². The van der Waals surface area contributed by atoms with Crippen molar-refractivity contribution in [2.24, 2.45) is 0 Å². The van der Waals surface area contributed by atoms with Gasteiger partial charge in [0.1, 0.15) is 5.82 Å². The van der Waals surface area contributed by atoms with Crippen LogP contribution < -0.4 is 10.6 Å². The van der Waals surface area contributed by atoms with Crippen LogP contribution in [0.2, 0.25) is 0 Å². The van der Waals surface area contributed by atoms with E-state index in [0.29, 0.717) is 5.95 Å². The molecule has 3 aromatic rings. The first-order valence-corrected chi connectivity index (χ1v) is 9.44. The van der Waals surface area contributed by atoms with Gasteiger partial charge in [0.25, 0.3) is 0 Å². The number of anilines is 3. The minimum Gasteiger partial charge on any atom is -0.352 e. The van der Waals surface area contributed by atoms with E-state index in [0.717, 1.165) is 39.4 Å². The Hall–Kier alpha value is -2.47. The predicted molar refractivity (Wildman–Crippen MR) is 111 cm³/mol. The van der Waals surface area contributed by atoms with Crippen molar-refractivity contribution in [1.82, 2.24) is 15.0 Å². The Morgan fingerprint density at radius 2 is 1.92 bits per heavy atom. The fraction of sp³-hybridized carbons (Fsp3) is 0.250. The van der Waals surface area contributed by atoms with Crippen molar-refractivity contribution in [3.05, 3.63) is 58.7 Å². The third kappa shape index (κ3) is 4.58. The van der Waals surface area contributed by atoms with Gasteiger partial charge in [-0.15, -0.1) is 0 Å². The highest BCUT2D eigenvalue weighted by atomic mass is 79.9. The number of hydrogen-bond acceptors (Lipinski definition) is 5. The molecule has 5 nitrogen and oxygen atoms in total. The Morgan fingerprint density at radius 3 is 2.62 bits per heavy atom. The number of pyridine rings is 1. The lowest BCUT2D eigenvalue weighted by Gasteiger charge is -2.14. The van der Waals surface area contributed by atoms with E-state index in [4.69, 9.17) is 0 Å². The van der Waals surface area contributed by atoms with Crippen molar-refractivity contribution in [2.45, 2.75) is 33.2 Å². The molecule has 134 valence electrons. The number of aryl methyl sites for hydroxylation is 1. The van der Waals surface area contributed by atoms with E-state index >= 15 is 0 Å². The van der Waals surface area contributed by atoms with E-state index in [2.05, 4.69) is 68.4 Å². The van der Waals surface area contributed by atoms with Crippen molar-refractivity contribution in [1.29, 1.82) is 0 Å². The molecule has 3 rings (SSSR count). The van der Waals surface area contributed by atoms with Crippen LogP contribution in [0.1, 0.15) is 25.8 Å². The van der Waals surface area contributed by atoms with E-state index in [1.807, 2.05) is 36.4 Å². The van der Waals surface area contributed by atoms with Gasteiger partial charge in [-0.25, -0.2) is 4.98 Å². The number of rotatable bonds is 6. The maximum Gasteiger partial charge on any atom is 0.225 e. The molecule has 0 unspecified atom stereocenters. The summed E-state index contributed by atoms with van der Waals surface area (Å²) in [7, 11) is 0. The van der Waals surface area contributed by atoms with Crippen molar-refractivity contribution in [3.63, 3.8) is 0 Å². The summed E-state index contributed by atoms with van der Waals surface area (Å²) < 4.78 is 1.08. The SMILES string of the molecule is CC[C@@H](C)Nc1nc(Nc2ccc(Br)c(C)c2)cc(-c2ccccn2)n1. The first kappa shape index (κ1) is 18.3. The van der Waals surface area contributed by atoms with Gasteiger partial charge < -0.3 is 10.6 Å². The number of nitrogens with one attached hydrogen (secondary N) is 2. The monoisotopic (exact) mass is 411 g/mol. The van der Waals surface area contributed by atoms with Crippen LogP contribution in [0, 0.1) is 6.92 Å². The zero-order valence-corrected chi connectivity index (χ0v) is 16.7. The summed E-state index contributed by atoms with van der Waals surface area (Å²) >= 11 is 3.53. The minimum atomic E-state index is 0.289. The normalized spacial score (nSPS) is 11.8. The molecule has 0 spiro atoms. The maximum atomic E-state index is 4.63. The lowest BCUT2D eigenvalue weighted by Crippen LogP contribution is -2.16. The van der Waals surface area contributed by atoms with Gasteiger partial charge in [-0.1, -0.05) is 28.9 Å². The lowest BCUT2D eigenvalue weighted by molar-refractivity contribution is 0.753. The molecule has 0 saturated carbocycles. The lowest BCUT2D eigenvalue weighted by atomic mass is 10.2. The highest BCUT2D eigenvalue weighted by Crippen LogP contribution is 2.25. The fourth-order valence-corrected chi connectivity index (χ4v) is 2.66. The zero-order valence-electron chi connectivity index (χ0n) is 15.1. The topological polar surface area (TPSA) is 62.7 Å². The number of hydrogen-bond donors (Lipinski definition) is 2. The Labute approximate surface area is 162 Å². The summed E-state index contributed by atoms with van der Waals surface area (Å²) in [6.07, 6.45) is 2.76. The van der Waals surface area contributed by atoms with E-state index in [-0.39, 0.29) is 6.04 Å². The van der Waals surface area contributed by atoms with Gasteiger partial charge in [0.05, 0.1) is 11.4 Å². The molecular formula is C20H22BrN5. The van der Waals surface area contributed by atoms with Gasteiger partial charge in [-0.05, 0) is 56.2 Å². The molecule has 0 amide bonds. The van der Waals surface area contributed by atoms with E-state index < -0.39 is 0 Å². The molecule has 2 aromatic heterocycles. The highest BCUT2D eigenvalue weighted by Gasteiger charge is 2.10. The van der Waals surface area contributed by atoms with Crippen LogP contribution in [0.25, 0.3) is 11.4 Å². The number of halogens is 1. The number of nitrogens with zero attached hydrogens (tertiary/aromatic N) is 3. The molecule has 0 aliphatic rings. The van der Waals surface area contributed by atoms with Crippen LogP contribution in [0.5, 0.6) is 0 Å². The molecule has 1 atom stereocenters. The summed E-state index contributed by atoms with van der Waals surface area (Å²) in [6.45, 7) is 6.30. The van der Waals surface area contributed by atoms with Crippen molar-refractivity contribution >= 4 is 33.4 Å². The van der Waals surface area contributed by atoms with Crippen LogP contribution in [-0.2, 0) is 0 Å². The third-order valence-corrected chi connectivity index (χ3v) is 4.96. The Balaban J connectivity index is 1.97. The largest absolute Gasteiger partial charge is 0.352 e. The van der Waals surface area contributed by atoms with E-state index in [9.17, 15) is 0 Å². The quantitative estimate of drug-likeness (QED) is 0.555. The maximum absolute atomic E-state index is 4.63. The minimum absolute atomic E-state index is 0.289. The summed E-state index contributed by atoms with van der Waals surface area (Å²) in [5, 5.41) is 6.72. The molecule has 0 aliphatic carbocycles. The standard InChI is InChI=1S/C20H22BrN5/c1-4-14(3)23-20-25-18(17-7-5-6-10-22-17)12-19(26-20)24-15-8-9-16(21)13(2)11-15/h5-12,14H,4H2,1-3H3,(H2,23,24,25,26)/t14-/m1/s1. The molecule has 6 heteroatoms. The number of aromatic nitrogens is 3. The Morgan fingerprint density at radius 1 is 1.08 bits per heavy atom. The van der Waals surface area contributed by atoms with Crippen molar-refractivity contribution < 1.29 is 0 Å². The van der Waals surface area contributed by atoms with Gasteiger partial charge in [0, 0.05) is 28.5 Å². The molecule has 0 saturated heterocycles. The van der Waals surface area contributed by atoms with E-state index in [1.54, 1.807) is 6.20 Å². The Kier molecular flexibility index (Phi) is 5.83. The van der Waals surface area contributed by atoms with Gasteiger partial charge in [-0.2, -0.15) is 4.98 Å². The van der Waals surface area contributed by atoms with Gasteiger partial charge >= 0.3 is 0 Å². The summed E-state index contributed by atoms with van der Waals surface area (Å²) in [6, 6.07) is 14.1. The molecule has 0 bridgehead atoms. The summed E-state index contributed by atoms with van der Waals surface area (Å²) in [5.41, 5.74) is 3.73. The highest BCUT2D eigenvalue weighted by molar-refractivity contribution is 9.10. The predicted octanol–water partition coefficient (Wildman–Crippen LogP) is 5.56. The molecule has 26 heavy (non-hydrogen) atoms. The molecule has 2 N–H and O–H groups in total. The second kappa shape index (κ2) is 8.27. The zero-order chi connectivity index (χ0) is 18.5. The summed E-state index contributed by atoms with van der Waals surface area (Å²) in [5.74, 6) is 1.33. The third-order valence-electron chi connectivity index (χ3n) is 4.07. The second-order valence-electron chi connectivity index (χ2n) is 6.22. The van der Waals surface area contributed by atoms with Crippen LogP contribution in [0.15, 0.2) is 53.1 Å². The average Bonchev–Trinajstić information content (AvgIpc) is 2.65. The summed E-state index contributed by atoms with van der Waals surface area (Å²) in [4.78, 5) is 13.7. The molecule has 0 fully saturated rings. The molecule has 0 radical (unpaired) electrons. The van der Waals surface area contributed by atoms with Crippen LogP contribution in [0.4, 0.5) is 17.5 Å². The Bertz CT molecular complexity index is 883. The van der Waals surface area contributed by atoms with Crippen LogP contribution >= 0.6 is 15.9 Å².